The molecule has 0 fully saturated rings. The van der Waals surface area contributed by atoms with Gasteiger partial charge in [-0.15, -0.1) is 0 Å². The van der Waals surface area contributed by atoms with Gasteiger partial charge in [0.2, 0.25) is 11.8 Å². The number of hydrogen-bond acceptors (Lipinski definition) is 5. The van der Waals surface area contributed by atoms with Crippen LogP contribution in [0.2, 0.25) is 5.02 Å². The number of thioether (sulfide) groups is 1. The first-order chi connectivity index (χ1) is 16.0. The van der Waals surface area contributed by atoms with Gasteiger partial charge in [-0.1, -0.05) is 71.4 Å². The van der Waals surface area contributed by atoms with E-state index in [1.54, 1.807) is 6.07 Å². The van der Waals surface area contributed by atoms with Crippen molar-refractivity contribution in [3.8, 4) is 23.0 Å². The summed E-state index contributed by atoms with van der Waals surface area (Å²) in [6.07, 6.45) is 0.586. The van der Waals surface area contributed by atoms with Crippen molar-refractivity contribution >= 4 is 35.0 Å². The Morgan fingerprint density at radius 1 is 1.06 bits per heavy atom. The molecule has 1 aromatic heterocycles. The van der Waals surface area contributed by atoms with Crippen LogP contribution in [0.1, 0.15) is 16.7 Å². The molecule has 0 bridgehead atoms. The maximum absolute atomic E-state index is 12.6. The number of ether oxygens (including phenoxy) is 1. The third-order valence-corrected chi connectivity index (χ3v) is 6.49. The molecule has 3 aromatic carbocycles. The first-order valence-corrected chi connectivity index (χ1v) is 11.8. The van der Waals surface area contributed by atoms with Crippen LogP contribution in [0.15, 0.2) is 77.8 Å². The summed E-state index contributed by atoms with van der Waals surface area (Å²) in [5.74, 6) is 1.93. The third kappa shape index (κ3) is 4.87. The lowest BCUT2D eigenvalue weighted by molar-refractivity contribution is -0.113. The van der Waals surface area contributed by atoms with Gasteiger partial charge in [-0.25, -0.2) is 4.98 Å². The van der Waals surface area contributed by atoms with E-state index in [0.29, 0.717) is 23.1 Å². The van der Waals surface area contributed by atoms with Crippen molar-refractivity contribution < 1.29 is 9.53 Å². The maximum atomic E-state index is 12.6. The minimum atomic E-state index is -0.0994. The summed E-state index contributed by atoms with van der Waals surface area (Å²) < 4.78 is 6.13. The number of halogens is 1. The van der Waals surface area contributed by atoms with E-state index < -0.39 is 0 Å². The first-order valence-electron chi connectivity index (χ1n) is 10.5. The Bertz CT molecular complexity index is 1330. The summed E-state index contributed by atoms with van der Waals surface area (Å²) in [4.78, 5) is 22.1. The Kier molecular flexibility index (Phi) is 6.03. The predicted octanol–water partition coefficient (Wildman–Crippen LogP) is 6.53. The fourth-order valence-electron chi connectivity index (χ4n) is 3.56. The zero-order chi connectivity index (χ0) is 22.8. The molecular formula is C26H20ClN3O2S. The van der Waals surface area contributed by atoms with Crippen LogP contribution < -0.4 is 10.1 Å². The number of rotatable bonds is 5. The third-order valence-electron chi connectivity index (χ3n) is 5.23. The van der Waals surface area contributed by atoms with Gasteiger partial charge in [0, 0.05) is 28.3 Å². The van der Waals surface area contributed by atoms with Crippen LogP contribution in [0.3, 0.4) is 0 Å². The minimum absolute atomic E-state index is 0.0994. The summed E-state index contributed by atoms with van der Waals surface area (Å²) in [5, 5.41) is 4.31. The molecule has 1 aliphatic rings. The van der Waals surface area contributed by atoms with E-state index in [-0.39, 0.29) is 11.7 Å². The molecule has 0 unspecified atom stereocenters. The van der Waals surface area contributed by atoms with Crippen LogP contribution in [0.4, 0.5) is 5.69 Å². The number of carbonyl (C=O) groups excluding carboxylic acids is 1. The molecule has 0 atom stereocenters. The highest BCUT2D eigenvalue weighted by Gasteiger charge is 2.25. The van der Waals surface area contributed by atoms with Crippen LogP contribution in [0.5, 0.6) is 11.6 Å². The number of nitrogens with one attached hydrogen (secondary N) is 1. The van der Waals surface area contributed by atoms with Crippen LogP contribution in [-0.4, -0.2) is 21.6 Å². The van der Waals surface area contributed by atoms with Crippen LogP contribution in [0.25, 0.3) is 11.4 Å². The molecule has 0 saturated carbocycles. The average Bonchev–Trinajstić information content (AvgIpc) is 2.83. The second-order valence-corrected chi connectivity index (χ2v) is 9.14. The molecule has 1 amide bonds. The topological polar surface area (TPSA) is 64.1 Å². The van der Waals surface area contributed by atoms with Gasteiger partial charge in [-0.2, -0.15) is 4.98 Å². The van der Waals surface area contributed by atoms with E-state index in [1.807, 2.05) is 73.7 Å². The summed E-state index contributed by atoms with van der Waals surface area (Å²) in [7, 11) is 0. The lowest BCUT2D eigenvalue weighted by atomic mass is 10.0. The monoisotopic (exact) mass is 473 g/mol. The fourth-order valence-corrected chi connectivity index (χ4v) is 4.58. The number of nitrogens with zero attached hydrogens (tertiary/aromatic N) is 2. The minimum Gasteiger partial charge on any atom is -0.438 e. The Hall–Kier alpha value is -3.35. The lowest BCUT2D eigenvalue weighted by Crippen LogP contribution is -2.15. The molecule has 1 N–H and O–H groups in total. The molecule has 7 heteroatoms. The number of aryl methyl sites for hydroxylation is 1. The van der Waals surface area contributed by atoms with Gasteiger partial charge >= 0.3 is 0 Å². The van der Waals surface area contributed by atoms with Crippen molar-refractivity contribution in [3.05, 3.63) is 94.5 Å². The van der Waals surface area contributed by atoms with Crippen LogP contribution in [0, 0.1) is 6.92 Å². The number of carbonyl (C=O) groups is 1. The van der Waals surface area contributed by atoms with Crippen molar-refractivity contribution in [2.24, 2.45) is 0 Å². The quantitative estimate of drug-likeness (QED) is 0.232. The highest BCUT2D eigenvalue weighted by atomic mass is 35.5. The molecule has 164 valence electrons. The number of amides is 1. The van der Waals surface area contributed by atoms with E-state index >= 15 is 0 Å². The van der Waals surface area contributed by atoms with Crippen molar-refractivity contribution in [1.82, 2.24) is 9.97 Å². The van der Waals surface area contributed by atoms with E-state index in [1.165, 1.54) is 11.8 Å². The van der Waals surface area contributed by atoms with Crippen molar-refractivity contribution in [1.29, 1.82) is 0 Å². The Labute approximate surface area is 201 Å². The molecule has 1 aliphatic heterocycles. The summed E-state index contributed by atoms with van der Waals surface area (Å²) in [6.45, 7) is 2.01. The average molecular weight is 474 g/mol. The molecular weight excluding hydrogens is 454 g/mol. The Balaban J connectivity index is 1.44. The SMILES string of the molecule is Cc1ccc(NC(=O)CSc2nc(-c3ccccc3)nc3c2Cc2cc(Cl)ccc2O3)cc1. The van der Waals surface area contributed by atoms with Gasteiger partial charge in [0.05, 0.1) is 11.3 Å². The van der Waals surface area contributed by atoms with Crippen LogP contribution in [-0.2, 0) is 11.2 Å². The van der Waals surface area contributed by atoms with Crippen molar-refractivity contribution in [2.45, 2.75) is 18.4 Å². The predicted molar refractivity (Wildman–Crippen MR) is 132 cm³/mol. The summed E-state index contributed by atoms with van der Waals surface area (Å²) in [5.41, 5.74) is 4.63. The van der Waals surface area contributed by atoms with E-state index in [2.05, 4.69) is 10.3 Å². The molecule has 0 saturated heterocycles. The van der Waals surface area contributed by atoms with Crippen molar-refractivity contribution in [3.63, 3.8) is 0 Å². The number of fused-ring (bicyclic) bond motifs is 2. The van der Waals surface area contributed by atoms with Gasteiger partial charge < -0.3 is 10.1 Å². The molecule has 2 heterocycles. The molecule has 0 aliphatic carbocycles. The highest BCUT2D eigenvalue weighted by Crippen LogP contribution is 2.41. The van der Waals surface area contributed by atoms with E-state index in [0.717, 1.165) is 38.7 Å². The van der Waals surface area contributed by atoms with Crippen LogP contribution >= 0.6 is 23.4 Å². The van der Waals surface area contributed by atoms with Gasteiger partial charge in [-0.05, 0) is 37.3 Å². The second-order valence-electron chi connectivity index (χ2n) is 7.74. The Morgan fingerprint density at radius 2 is 1.85 bits per heavy atom. The summed E-state index contributed by atoms with van der Waals surface area (Å²) in [6, 6.07) is 23.0. The second kappa shape index (κ2) is 9.25. The number of anilines is 1. The van der Waals surface area contributed by atoms with Gasteiger partial charge in [0.25, 0.3) is 0 Å². The summed E-state index contributed by atoms with van der Waals surface area (Å²) >= 11 is 7.57. The van der Waals surface area contributed by atoms with E-state index in [4.69, 9.17) is 21.3 Å². The highest BCUT2D eigenvalue weighted by molar-refractivity contribution is 8.00. The Morgan fingerprint density at radius 3 is 2.64 bits per heavy atom. The molecule has 0 spiro atoms. The number of benzene rings is 3. The standard InChI is InChI=1S/C26H20ClN3O2S/c1-16-7-10-20(11-8-16)28-23(31)15-33-26-21-14-18-13-19(27)9-12-22(18)32-25(21)29-24(30-26)17-5-3-2-4-6-17/h2-13H,14-15H2,1H3,(H,28,31). The molecule has 4 aromatic rings. The van der Waals surface area contributed by atoms with Gasteiger partial charge in [0.1, 0.15) is 10.8 Å². The van der Waals surface area contributed by atoms with Gasteiger partial charge in [0.15, 0.2) is 5.82 Å². The van der Waals surface area contributed by atoms with Crippen molar-refractivity contribution in [2.75, 3.05) is 11.1 Å². The van der Waals surface area contributed by atoms with Gasteiger partial charge in [-0.3, -0.25) is 4.79 Å². The van der Waals surface area contributed by atoms with E-state index in [9.17, 15) is 4.79 Å². The smallest absolute Gasteiger partial charge is 0.234 e. The zero-order valence-electron chi connectivity index (χ0n) is 17.8. The number of hydrogen-bond donors (Lipinski definition) is 1. The molecule has 0 radical (unpaired) electrons. The molecule has 33 heavy (non-hydrogen) atoms. The maximum Gasteiger partial charge on any atom is 0.234 e. The fraction of sp³-hybridized carbons (Fsp3) is 0.115. The largest absolute Gasteiger partial charge is 0.438 e. The molecule has 5 nitrogen and oxygen atoms in total. The first kappa shape index (κ1) is 21.5. The normalized spacial score (nSPS) is 11.8. The molecule has 5 rings (SSSR count). The lowest BCUT2D eigenvalue weighted by Gasteiger charge is -2.22. The number of aromatic nitrogens is 2. The zero-order valence-corrected chi connectivity index (χ0v) is 19.4.